The monoisotopic (exact) mass is 344 g/mol. The van der Waals surface area contributed by atoms with E-state index in [-0.39, 0.29) is 17.8 Å². The Kier molecular flexibility index (Phi) is 5.41. The van der Waals surface area contributed by atoms with Gasteiger partial charge in [0.15, 0.2) is 0 Å². The molecule has 1 amide bonds. The summed E-state index contributed by atoms with van der Waals surface area (Å²) in [5.41, 5.74) is 1.62. The van der Waals surface area contributed by atoms with Gasteiger partial charge in [0.05, 0.1) is 0 Å². The average molecular weight is 344 g/mol. The minimum Gasteiger partial charge on any atom is -0.381 e. The second-order valence-electron chi connectivity index (χ2n) is 5.97. The molecule has 0 radical (unpaired) electrons. The van der Waals surface area contributed by atoms with Crippen molar-refractivity contribution in [2.75, 3.05) is 24.7 Å². The van der Waals surface area contributed by atoms with E-state index in [0.29, 0.717) is 6.54 Å². The number of carbonyl (C=O) groups excluding carboxylic acids is 1. The molecule has 2 aromatic carbocycles. The van der Waals surface area contributed by atoms with Crippen LogP contribution < -0.4 is 5.32 Å². The van der Waals surface area contributed by atoms with Gasteiger partial charge in [-0.25, -0.2) is 4.39 Å². The number of nitrogens with zero attached hydrogens (tertiary/aromatic N) is 1. The number of nitrogens with one attached hydrogen (secondary N) is 1. The van der Waals surface area contributed by atoms with Crippen molar-refractivity contribution in [3.05, 3.63) is 59.9 Å². The summed E-state index contributed by atoms with van der Waals surface area (Å²) in [4.78, 5) is 15.7. The molecule has 0 spiro atoms. The van der Waals surface area contributed by atoms with Crippen molar-refractivity contribution in [2.24, 2.45) is 0 Å². The van der Waals surface area contributed by atoms with Crippen LogP contribution >= 0.6 is 11.8 Å². The van der Waals surface area contributed by atoms with Gasteiger partial charge in [-0.15, -0.1) is 11.8 Å². The van der Waals surface area contributed by atoms with Crippen LogP contribution in [0.3, 0.4) is 0 Å². The molecule has 1 aliphatic rings. The molecule has 0 aliphatic carbocycles. The SMILES string of the molecule is CSc1ccc(C(=O)N2CCCC(Nc3ccc(F)cc3)C2)cc1. The first kappa shape index (κ1) is 16.8. The summed E-state index contributed by atoms with van der Waals surface area (Å²) >= 11 is 1.67. The Hall–Kier alpha value is -2.01. The summed E-state index contributed by atoms with van der Waals surface area (Å²) in [5.74, 6) is -0.164. The lowest BCUT2D eigenvalue weighted by Crippen LogP contribution is -2.45. The number of thioether (sulfide) groups is 1. The van der Waals surface area contributed by atoms with Crippen LogP contribution in [-0.2, 0) is 0 Å². The topological polar surface area (TPSA) is 32.3 Å². The van der Waals surface area contributed by atoms with Crippen molar-refractivity contribution in [1.29, 1.82) is 0 Å². The van der Waals surface area contributed by atoms with E-state index in [0.717, 1.165) is 35.5 Å². The summed E-state index contributed by atoms with van der Waals surface area (Å²) < 4.78 is 13.0. The Balaban J connectivity index is 1.63. The number of benzene rings is 2. The first-order valence-electron chi connectivity index (χ1n) is 8.11. The van der Waals surface area contributed by atoms with Crippen LogP contribution in [0.4, 0.5) is 10.1 Å². The summed E-state index contributed by atoms with van der Waals surface area (Å²) in [5, 5.41) is 3.40. The van der Waals surface area contributed by atoms with E-state index < -0.39 is 0 Å². The van der Waals surface area contributed by atoms with Gasteiger partial charge in [0.1, 0.15) is 5.82 Å². The third kappa shape index (κ3) is 4.09. The first-order valence-corrected chi connectivity index (χ1v) is 9.33. The van der Waals surface area contributed by atoms with E-state index in [4.69, 9.17) is 0 Å². The molecule has 0 aromatic heterocycles. The van der Waals surface area contributed by atoms with Crippen LogP contribution in [0.15, 0.2) is 53.4 Å². The van der Waals surface area contributed by atoms with Gasteiger partial charge in [-0.2, -0.15) is 0 Å². The van der Waals surface area contributed by atoms with Crippen LogP contribution in [0.2, 0.25) is 0 Å². The molecule has 0 bridgehead atoms. The number of hydrogen-bond donors (Lipinski definition) is 1. The smallest absolute Gasteiger partial charge is 0.253 e. The fourth-order valence-corrected chi connectivity index (χ4v) is 3.39. The molecule has 1 atom stereocenters. The van der Waals surface area contributed by atoms with Gasteiger partial charge in [-0.05, 0) is 67.6 Å². The number of rotatable bonds is 4. The molecule has 2 aromatic rings. The van der Waals surface area contributed by atoms with Crippen molar-refractivity contribution in [2.45, 2.75) is 23.8 Å². The van der Waals surface area contributed by atoms with Gasteiger partial charge in [0.25, 0.3) is 5.91 Å². The van der Waals surface area contributed by atoms with Crippen molar-refractivity contribution >= 4 is 23.4 Å². The van der Waals surface area contributed by atoms with Gasteiger partial charge in [-0.1, -0.05) is 0 Å². The minimum atomic E-state index is -0.241. The molecule has 1 fully saturated rings. The van der Waals surface area contributed by atoms with Gasteiger partial charge < -0.3 is 10.2 Å². The molecule has 3 rings (SSSR count). The predicted molar refractivity (Wildman–Crippen MR) is 97.2 cm³/mol. The number of carbonyl (C=O) groups is 1. The van der Waals surface area contributed by atoms with Crippen molar-refractivity contribution < 1.29 is 9.18 Å². The number of likely N-dealkylation sites (tertiary alicyclic amines) is 1. The Morgan fingerprint density at radius 1 is 1.17 bits per heavy atom. The number of halogens is 1. The highest BCUT2D eigenvalue weighted by atomic mass is 32.2. The zero-order valence-corrected chi connectivity index (χ0v) is 14.5. The molecule has 1 saturated heterocycles. The van der Waals surface area contributed by atoms with Crippen LogP contribution in [0.25, 0.3) is 0 Å². The quantitative estimate of drug-likeness (QED) is 0.841. The predicted octanol–water partition coefficient (Wildman–Crippen LogP) is 4.26. The zero-order chi connectivity index (χ0) is 16.9. The maximum atomic E-state index is 13.0. The maximum Gasteiger partial charge on any atom is 0.253 e. The van der Waals surface area contributed by atoms with Gasteiger partial charge in [0, 0.05) is 35.3 Å². The van der Waals surface area contributed by atoms with E-state index >= 15 is 0 Å². The third-order valence-electron chi connectivity index (χ3n) is 4.26. The van der Waals surface area contributed by atoms with E-state index in [1.165, 1.54) is 12.1 Å². The number of anilines is 1. The van der Waals surface area contributed by atoms with E-state index in [9.17, 15) is 9.18 Å². The molecule has 3 nitrogen and oxygen atoms in total. The van der Waals surface area contributed by atoms with Crippen molar-refractivity contribution in [3.8, 4) is 0 Å². The molecular weight excluding hydrogens is 323 g/mol. The lowest BCUT2D eigenvalue weighted by molar-refractivity contribution is 0.0715. The second kappa shape index (κ2) is 7.71. The average Bonchev–Trinajstić information content (AvgIpc) is 2.63. The highest BCUT2D eigenvalue weighted by molar-refractivity contribution is 7.98. The lowest BCUT2D eigenvalue weighted by Gasteiger charge is -2.33. The maximum absolute atomic E-state index is 13.0. The fraction of sp³-hybridized carbons (Fsp3) is 0.316. The standard InChI is InChI=1S/C19H21FN2OS/c1-24-18-10-4-14(5-11-18)19(23)22-12-2-3-17(13-22)21-16-8-6-15(20)7-9-16/h4-11,17,21H,2-3,12-13H2,1H3. The zero-order valence-electron chi connectivity index (χ0n) is 13.7. The fourth-order valence-electron chi connectivity index (χ4n) is 2.98. The summed E-state index contributed by atoms with van der Waals surface area (Å²) in [6, 6.07) is 14.3. The van der Waals surface area contributed by atoms with Crippen LogP contribution in [0.1, 0.15) is 23.2 Å². The largest absolute Gasteiger partial charge is 0.381 e. The normalized spacial score (nSPS) is 17.6. The summed E-state index contributed by atoms with van der Waals surface area (Å²) in [6.07, 6.45) is 3.99. The van der Waals surface area contributed by atoms with E-state index in [1.54, 1.807) is 23.9 Å². The highest BCUT2D eigenvalue weighted by Gasteiger charge is 2.24. The molecule has 1 N–H and O–H groups in total. The van der Waals surface area contributed by atoms with Gasteiger partial charge in [0.2, 0.25) is 0 Å². The molecule has 24 heavy (non-hydrogen) atoms. The Labute approximate surface area is 146 Å². The highest BCUT2D eigenvalue weighted by Crippen LogP contribution is 2.20. The third-order valence-corrected chi connectivity index (χ3v) is 5.00. The Morgan fingerprint density at radius 2 is 1.88 bits per heavy atom. The molecule has 0 saturated carbocycles. The molecule has 5 heteroatoms. The number of hydrogen-bond acceptors (Lipinski definition) is 3. The van der Waals surface area contributed by atoms with Gasteiger partial charge in [-0.3, -0.25) is 4.79 Å². The molecule has 1 heterocycles. The van der Waals surface area contributed by atoms with Crippen LogP contribution in [0, 0.1) is 5.82 Å². The van der Waals surface area contributed by atoms with E-state index in [1.807, 2.05) is 35.4 Å². The summed E-state index contributed by atoms with van der Waals surface area (Å²) in [6.45, 7) is 1.45. The van der Waals surface area contributed by atoms with Crippen LogP contribution in [0.5, 0.6) is 0 Å². The molecule has 1 aliphatic heterocycles. The van der Waals surface area contributed by atoms with Crippen molar-refractivity contribution in [3.63, 3.8) is 0 Å². The van der Waals surface area contributed by atoms with Crippen LogP contribution in [-0.4, -0.2) is 36.2 Å². The number of amides is 1. The van der Waals surface area contributed by atoms with Crippen molar-refractivity contribution in [1.82, 2.24) is 4.90 Å². The minimum absolute atomic E-state index is 0.0771. The first-order chi connectivity index (χ1) is 11.7. The summed E-state index contributed by atoms with van der Waals surface area (Å²) in [7, 11) is 0. The number of piperidine rings is 1. The lowest BCUT2D eigenvalue weighted by atomic mass is 10.0. The second-order valence-corrected chi connectivity index (χ2v) is 6.85. The Morgan fingerprint density at radius 3 is 2.54 bits per heavy atom. The molecule has 1 unspecified atom stereocenters. The van der Waals surface area contributed by atoms with E-state index in [2.05, 4.69) is 5.32 Å². The van der Waals surface area contributed by atoms with Gasteiger partial charge >= 0.3 is 0 Å². The molecule has 126 valence electrons. The Bertz CT molecular complexity index is 688. The molecular formula is C19H21FN2OS.